The van der Waals surface area contributed by atoms with E-state index >= 15 is 0 Å². The van der Waals surface area contributed by atoms with Gasteiger partial charge in [0.15, 0.2) is 0 Å². The lowest BCUT2D eigenvalue weighted by molar-refractivity contribution is -0.186. The van der Waals surface area contributed by atoms with Gasteiger partial charge in [0.05, 0.1) is 25.5 Å². The number of nitrogens with one attached hydrogen (secondary N) is 2. The van der Waals surface area contributed by atoms with Crippen LogP contribution in [0.15, 0.2) is 22.8 Å². The number of ether oxygens (including phenoxy) is 1. The van der Waals surface area contributed by atoms with Crippen molar-refractivity contribution in [3.05, 3.63) is 24.2 Å². The largest absolute Gasteiger partial charge is 0.467 e. The van der Waals surface area contributed by atoms with E-state index in [1.165, 1.54) is 0 Å². The molecule has 0 aliphatic heterocycles. The molecule has 2 fully saturated rings. The molecule has 3 rings (SSSR count). The summed E-state index contributed by atoms with van der Waals surface area (Å²) in [5, 5.41) is 26.9. The number of alkyl carbamates (subject to hydrolysis) is 1. The second-order valence-corrected chi connectivity index (χ2v) is 9.89. The summed E-state index contributed by atoms with van der Waals surface area (Å²) in [6, 6.07) is 3.58. The average Bonchev–Trinajstić information content (AvgIpc) is 3.29. The quantitative estimate of drug-likeness (QED) is 0.483. The normalized spacial score (nSPS) is 34.4. The van der Waals surface area contributed by atoms with Crippen LogP contribution in [-0.2, 0) is 16.1 Å². The van der Waals surface area contributed by atoms with Crippen molar-refractivity contribution < 1.29 is 29.0 Å². The second-order valence-electron chi connectivity index (χ2n) is 9.89. The molecule has 2 aliphatic carbocycles. The number of rotatable bonds is 8. The van der Waals surface area contributed by atoms with Gasteiger partial charge >= 0.3 is 6.09 Å². The first-order chi connectivity index (χ1) is 15.2. The Kier molecular flexibility index (Phi) is 7.88. The molecule has 4 N–H and O–H groups in total. The average molecular weight is 451 g/mol. The lowest BCUT2D eigenvalue weighted by atomic mass is 9.46. The summed E-state index contributed by atoms with van der Waals surface area (Å²) < 4.78 is 11.0. The highest BCUT2D eigenvalue weighted by Gasteiger charge is 2.60. The van der Waals surface area contributed by atoms with E-state index in [1.807, 2.05) is 13.8 Å². The van der Waals surface area contributed by atoms with Crippen LogP contribution < -0.4 is 10.6 Å². The molecule has 8 heteroatoms. The number of fused-ring (bicyclic) bond motifs is 1. The molecular weight excluding hydrogens is 412 g/mol. The van der Waals surface area contributed by atoms with E-state index in [2.05, 4.69) is 17.6 Å². The molecule has 6 atom stereocenters. The van der Waals surface area contributed by atoms with E-state index in [4.69, 9.17) is 9.15 Å². The molecule has 180 valence electrons. The Morgan fingerprint density at radius 1 is 1.25 bits per heavy atom. The molecule has 0 unspecified atom stereocenters. The van der Waals surface area contributed by atoms with Crippen molar-refractivity contribution in [1.29, 1.82) is 0 Å². The molecule has 2 amide bonds. The van der Waals surface area contributed by atoms with Crippen LogP contribution in [0.1, 0.15) is 65.1 Å². The van der Waals surface area contributed by atoms with Crippen LogP contribution in [-0.4, -0.2) is 47.6 Å². The van der Waals surface area contributed by atoms with Crippen LogP contribution in [0.5, 0.6) is 0 Å². The summed E-state index contributed by atoms with van der Waals surface area (Å²) in [7, 11) is 0. The Morgan fingerprint density at radius 2 is 2.03 bits per heavy atom. The molecular formula is C24H38N2O6. The summed E-state index contributed by atoms with van der Waals surface area (Å²) in [5.41, 5.74) is -0.990. The Morgan fingerprint density at radius 3 is 2.69 bits per heavy atom. The van der Waals surface area contributed by atoms with Crippen LogP contribution >= 0.6 is 0 Å². The van der Waals surface area contributed by atoms with Crippen LogP contribution in [0.2, 0.25) is 0 Å². The number of hydrogen-bond donors (Lipinski definition) is 4. The zero-order valence-corrected chi connectivity index (χ0v) is 19.4. The molecule has 0 bridgehead atoms. The Hall–Kier alpha value is -2.06. The minimum Gasteiger partial charge on any atom is -0.467 e. The van der Waals surface area contributed by atoms with E-state index in [9.17, 15) is 19.8 Å². The maximum Gasteiger partial charge on any atom is 0.407 e. The highest BCUT2D eigenvalue weighted by Crippen LogP contribution is 2.61. The lowest BCUT2D eigenvalue weighted by Gasteiger charge is -2.60. The topological polar surface area (TPSA) is 121 Å². The number of aliphatic hydroxyl groups is 2. The molecule has 0 saturated heterocycles. The molecule has 8 nitrogen and oxygen atoms in total. The zero-order chi connectivity index (χ0) is 23.4. The predicted octanol–water partition coefficient (Wildman–Crippen LogP) is 2.98. The monoisotopic (exact) mass is 450 g/mol. The van der Waals surface area contributed by atoms with Gasteiger partial charge in [-0.1, -0.05) is 20.8 Å². The summed E-state index contributed by atoms with van der Waals surface area (Å²) in [4.78, 5) is 24.9. The third-order valence-corrected chi connectivity index (χ3v) is 7.89. The highest BCUT2D eigenvalue weighted by molar-refractivity contribution is 5.76. The maximum atomic E-state index is 12.7. The minimum absolute atomic E-state index is 0.0176. The smallest absolute Gasteiger partial charge is 0.407 e. The van der Waals surface area contributed by atoms with Crippen molar-refractivity contribution in [2.45, 2.75) is 78.0 Å². The van der Waals surface area contributed by atoms with Crippen molar-refractivity contribution in [3.63, 3.8) is 0 Å². The van der Waals surface area contributed by atoms with E-state index in [0.717, 1.165) is 12.8 Å². The van der Waals surface area contributed by atoms with Gasteiger partial charge in [-0.05, 0) is 61.5 Å². The van der Waals surface area contributed by atoms with E-state index < -0.39 is 23.7 Å². The highest BCUT2D eigenvalue weighted by atomic mass is 16.6. The van der Waals surface area contributed by atoms with Crippen molar-refractivity contribution in [2.75, 3.05) is 13.2 Å². The van der Waals surface area contributed by atoms with Gasteiger partial charge in [0, 0.05) is 18.4 Å². The third kappa shape index (κ3) is 4.96. The fourth-order valence-corrected chi connectivity index (χ4v) is 6.05. The van der Waals surface area contributed by atoms with E-state index in [-0.39, 0.29) is 36.2 Å². The number of hydrogen-bond acceptors (Lipinski definition) is 6. The number of carbonyl (C=O) groups excluding carboxylic acids is 2. The molecule has 2 saturated carbocycles. The Balaban J connectivity index is 1.72. The molecule has 0 aromatic carbocycles. The third-order valence-electron chi connectivity index (χ3n) is 7.89. The standard InChI is InChI=1S/C24H38N2O6/c1-4-11-25-22(30)32-20-9-10-23(2)17(13-21(29)26-14-16-6-5-12-31-16)18(28)7-8-19(23)24(20,3)15-27/h5-6,12,17-20,27-28H,4,7-11,13-15H2,1-3H3,(H,25,30)(H,26,29)/t17-,18-,19-,20-,23+,24+/m1/s1. The van der Waals surface area contributed by atoms with Crippen molar-refractivity contribution in [2.24, 2.45) is 22.7 Å². The summed E-state index contributed by atoms with van der Waals surface area (Å²) in [5.74, 6) is 0.330. The fourth-order valence-electron chi connectivity index (χ4n) is 6.05. The second kappa shape index (κ2) is 10.3. The maximum absolute atomic E-state index is 12.7. The SMILES string of the molecule is CCCNC(=O)O[C@@H]1CC[C@]2(C)[C@@H](CC[C@@H](O)[C@H]2CC(=O)NCc2ccco2)[C@]1(C)CO. The molecule has 2 aliphatic rings. The van der Waals surface area contributed by atoms with Crippen LogP contribution in [0.4, 0.5) is 4.79 Å². The van der Waals surface area contributed by atoms with Crippen LogP contribution in [0.25, 0.3) is 0 Å². The molecule has 32 heavy (non-hydrogen) atoms. The van der Waals surface area contributed by atoms with E-state index in [1.54, 1.807) is 18.4 Å². The number of aliphatic hydroxyl groups excluding tert-OH is 2. The first-order valence-corrected chi connectivity index (χ1v) is 11.8. The minimum atomic E-state index is -0.639. The van der Waals surface area contributed by atoms with Gasteiger partial charge in [-0.2, -0.15) is 0 Å². The molecule has 1 aromatic rings. The van der Waals surface area contributed by atoms with Gasteiger partial charge < -0.3 is 30.0 Å². The number of furan rings is 1. The molecule has 1 aromatic heterocycles. The number of carbonyl (C=O) groups is 2. The predicted molar refractivity (Wildman–Crippen MR) is 118 cm³/mol. The first-order valence-electron chi connectivity index (χ1n) is 11.8. The van der Waals surface area contributed by atoms with Gasteiger partial charge in [0.25, 0.3) is 0 Å². The van der Waals surface area contributed by atoms with Gasteiger partial charge in [0.2, 0.25) is 5.91 Å². The zero-order valence-electron chi connectivity index (χ0n) is 19.4. The Bertz CT molecular complexity index is 769. The van der Waals surface area contributed by atoms with Gasteiger partial charge in [-0.15, -0.1) is 0 Å². The van der Waals surface area contributed by atoms with Crippen LogP contribution in [0.3, 0.4) is 0 Å². The summed E-state index contributed by atoms with van der Waals surface area (Å²) in [6.45, 7) is 6.80. The van der Waals surface area contributed by atoms with Gasteiger partial charge in [-0.3, -0.25) is 4.79 Å². The fraction of sp³-hybridized carbons (Fsp3) is 0.750. The van der Waals surface area contributed by atoms with E-state index in [0.29, 0.717) is 38.1 Å². The molecule has 0 radical (unpaired) electrons. The molecule has 1 heterocycles. The van der Waals surface area contributed by atoms with Gasteiger partial charge in [-0.25, -0.2) is 4.79 Å². The van der Waals surface area contributed by atoms with Gasteiger partial charge in [0.1, 0.15) is 11.9 Å². The van der Waals surface area contributed by atoms with Crippen molar-refractivity contribution in [1.82, 2.24) is 10.6 Å². The number of amides is 2. The van der Waals surface area contributed by atoms with Crippen LogP contribution in [0, 0.1) is 22.7 Å². The van der Waals surface area contributed by atoms with Crippen molar-refractivity contribution >= 4 is 12.0 Å². The molecule has 0 spiro atoms. The summed E-state index contributed by atoms with van der Waals surface area (Å²) >= 11 is 0. The van der Waals surface area contributed by atoms with Crippen molar-refractivity contribution in [3.8, 4) is 0 Å². The lowest BCUT2D eigenvalue weighted by Crippen LogP contribution is -2.61. The first kappa shape index (κ1) is 24.6. The Labute approximate surface area is 190 Å². The summed E-state index contributed by atoms with van der Waals surface area (Å²) in [6.07, 6.45) is 3.72.